The van der Waals surface area contributed by atoms with Crippen molar-refractivity contribution in [2.45, 2.75) is 26.3 Å². The summed E-state index contributed by atoms with van der Waals surface area (Å²) in [4.78, 5) is 12.9. The Morgan fingerprint density at radius 1 is 1.15 bits per heavy atom. The van der Waals surface area contributed by atoms with Crippen LogP contribution in [-0.4, -0.2) is 26.6 Å². The summed E-state index contributed by atoms with van der Waals surface area (Å²) in [6, 6.07) is 10.6. The third kappa shape index (κ3) is 4.90. The maximum Gasteiger partial charge on any atom is 0.248 e. The van der Waals surface area contributed by atoms with E-state index in [-0.39, 0.29) is 6.42 Å². The van der Waals surface area contributed by atoms with Gasteiger partial charge in [-0.15, -0.1) is 0 Å². The summed E-state index contributed by atoms with van der Waals surface area (Å²) in [6.07, 6.45) is 1.35. The molecule has 2 aromatic rings. The molecule has 1 atom stereocenters. The molecule has 0 heterocycles. The van der Waals surface area contributed by atoms with Gasteiger partial charge in [0.15, 0.2) is 0 Å². The van der Waals surface area contributed by atoms with Gasteiger partial charge in [-0.1, -0.05) is 42.3 Å². The second-order valence-electron chi connectivity index (χ2n) is 5.91. The molecule has 0 saturated carbocycles. The minimum atomic E-state index is -3.71. The van der Waals surface area contributed by atoms with Gasteiger partial charge in [0.25, 0.3) is 0 Å². The van der Waals surface area contributed by atoms with Crippen LogP contribution in [-0.2, 0) is 14.8 Å². The molecule has 140 valence electrons. The Balaban J connectivity index is 2.41. The average molecular weight is 415 g/mol. The van der Waals surface area contributed by atoms with E-state index < -0.39 is 22.0 Å². The summed E-state index contributed by atoms with van der Waals surface area (Å²) in [5, 5.41) is 3.64. The lowest BCUT2D eigenvalue weighted by Crippen LogP contribution is -2.47. The van der Waals surface area contributed by atoms with Gasteiger partial charge in [0, 0.05) is 15.7 Å². The van der Waals surface area contributed by atoms with Gasteiger partial charge in [-0.05, 0) is 49.2 Å². The van der Waals surface area contributed by atoms with Crippen LogP contribution in [0.2, 0.25) is 10.0 Å². The molecular weight excluding hydrogens is 395 g/mol. The lowest BCUT2D eigenvalue weighted by atomic mass is 10.1. The van der Waals surface area contributed by atoms with Crippen molar-refractivity contribution in [2.75, 3.05) is 15.9 Å². The highest BCUT2D eigenvalue weighted by atomic mass is 35.5. The first-order chi connectivity index (χ1) is 12.1. The van der Waals surface area contributed by atoms with Crippen LogP contribution in [0, 0.1) is 6.92 Å². The van der Waals surface area contributed by atoms with Crippen molar-refractivity contribution in [3.63, 3.8) is 0 Å². The van der Waals surface area contributed by atoms with Crippen LogP contribution in [0.4, 0.5) is 11.4 Å². The number of aryl methyl sites for hydroxylation is 1. The molecule has 8 heteroatoms. The third-order valence-corrected chi connectivity index (χ3v) is 5.50. The second kappa shape index (κ2) is 8.29. The molecule has 1 amide bonds. The molecule has 1 N–H and O–H groups in total. The Hall–Kier alpha value is -1.76. The maximum atomic E-state index is 12.9. The molecule has 0 fully saturated rings. The first-order valence-corrected chi connectivity index (χ1v) is 10.6. The average Bonchev–Trinajstić information content (AvgIpc) is 2.54. The van der Waals surface area contributed by atoms with Crippen LogP contribution in [0.5, 0.6) is 0 Å². The van der Waals surface area contributed by atoms with E-state index in [0.717, 1.165) is 16.1 Å². The van der Waals surface area contributed by atoms with E-state index in [0.29, 0.717) is 21.4 Å². The molecule has 0 spiro atoms. The lowest BCUT2D eigenvalue weighted by Gasteiger charge is -2.30. The highest BCUT2D eigenvalue weighted by molar-refractivity contribution is 7.92. The van der Waals surface area contributed by atoms with Crippen LogP contribution in [0.3, 0.4) is 0 Å². The van der Waals surface area contributed by atoms with Gasteiger partial charge in [-0.3, -0.25) is 9.10 Å². The van der Waals surface area contributed by atoms with E-state index in [1.807, 2.05) is 6.92 Å². The molecule has 26 heavy (non-hydrogen) atoms. The molecule has 0 aliphatic carbocycles. The van der Waals surface area contributed by atoms with E-state index in [1.165, 1.54) is 6.07 Å². The Bertz CT molecular complexity index is 916. The topological polar surface area (TPSA) is 66.5 Å². The summed E-state index contributed by atoms with van der Waals surface area (Å²) in [5.41, 5.74) is 1.71. The van der Waals surface area contributed by atoms with Gasteiger partial charge in [-0.2, -0.15) is 0 Å². The van der Waals surface area contributed by atoms with E-state index >= 15 is 0 Å². The molecule has 0 aromatic heterocycles. The van der Waals surface area contributed by atoms with Crippen LogP contribution < -0.4 is 9.62 Å². The fraction of sp³-hybridized carbons (Fsp3) is 0.278. The number of hydrogen-bond acceptors (Lipinski definition) is 3. The number of anilines is 2. The summed E-state index contributed by atoms with van der Waals surface area (Å²) in [5.74, 6) is -0.441. The normalized spacial score (nSPS) is 12.5. The number of amides is 1. The van der Waals surface area contributed by atoms with Gasteiger partial charge < -0.3 is 5.32 Å². The van der Waals surface area contributed by atoms with E-state index in [2.05, 4.69) is 5.32 Å². The highest BCUT2D eigenvalue weighted by Crippen LogP contribution is 2.27. The van der Waals surface area contributed by atoms with Gasteiger partial charge in [0.1, 0.15) is 6.04 Å². The lowest BCUT2D eigenvalue weighted by molar-refractivity contribution is -0.117. The van der Waals surface area contributed by atoms with Crippen molar-refractivity contribution < 1.29 is 13.2 Å². The highest BCUT2D eigenvalue weighted by Gasteiger charge is 2.31. The molecule has 0 radical (unpaired) electrons. The first kappa shape index (κ1) is 20.6. The van der Waals surface area contributed by atoms with Gasteiger partial charge in [0.05, 0.1) is 11.9 Å². The number of carbonyl (C=O) groups excluding carboxylic acids is 1. The van der Waals surface area contributed by atoms with Gasteiger partial charge in [0.2, 0.25) is 15.9 Å². The van der Waals surface area contributed by atoms with E-state index in [9.17, 15) is 13.2 Å². The van der Waals surface area contributed by atoms with E-state index in [4.69, 9.17) is 23.2 Å². The SMILES string of the molecule is CC[C@@H](C(=O)Nc1cc(Cl)ccc1C)N(c1cccc(Cl)c1)S(C)(=O)=O. The number of nitrogens with zero attached hydrogens (tertiary/aromatic N) is 1. The monoisotopic (exact) mass is 414 g/mol. The van der Waals surface area contributed by atoms with Crippen molar-refractivity contribution in [1.82, 2.24) is 0 Å². The van der Waals surface area contributed by atoms with Crippen molar-refractivity contribution in [3.8, 4) is 0 Å². The zero-order chi connectivity index (χ0) is 19.5. The number of benzene rings is 2. The first-order valence-electron chi connectivity index (χ1n) is 7.95. The quantitative estimate of drug-likeness (QED) is 0.756. The van der Waals surface area contributed by atoms with Crippen molar-refractivity contribution >= 4 is 50.5 Å². The zero-order valence-corrected chi connectivity index (χ0v) is 17.0. The molecule has 0 unspecified atom stereocenters. The molecule has 2 aromatic carbocycles. The number of carbonyl (C=O) groups is 1. The fourth-order valence-electron chi connectivity index (χ4n) is 2.62. The molecule has 0 bridgehead atoms. The Kier molecular flexibility index (Phi) is 6.55. The predicted octanol–water partition coefficient (Wildman–Crippen LogP) is 4.49. The van der Waals surface area contributed by atoms with Crippen molar-refractivity contribution in [1.29, 1.82) is 0 Å². The largest absolute Gasteiger partial charge is 0.324 e. The number of rotatable bonds is 6. The Morgan fingerprint density at radius 2 is 1.81 bits per heavy atom. The van der Waals surface area contributed by atoms with Crippen LogP contribution in [0.1, 0.15) is 18.9 Å². The molecule has 0 aliphatic rings. The summed E-state index contributed by atoms with van der Waals surface area (Å²) < 4.78 is 25.9. The molecule has 0 saturated heterocycles. The minimum absolute atomic E-state index is 0.283. The van der Waals surface area contributed by atoms with Gasteiger partial charge >= 0.3 is 0 Å². The predicted molar refractivity (Wildman–Crippen MR) is 108 cm³/mol. The number of nitrogens with one attached hydrogen (secondary N) is 1. The number of sulfonamides is 1. The summed E-state index contributed by atoms with van der Waals surface area (Å²) in [6.45, 7) is 3.58. The zero-order valence-electron chi connectivity index (χ0n) is 14.7. The van der Waals surface area contributed by atoms with Crippen LogP contribution in [0.25, 0.3) is 0 Å². The minimum Gasteiger partial charge on any atom is -0.324 e. The maximum absolute atomic E-state index is 12.9. The second-order valence-corrected chi connectivity index (χ2v) is 8.64. The molecule has 5 nitrogen and oxygen atoms in total. The van der Waals surface area contributed by atoms with Crippen LogP contribution >= 0.6 is 23.2 Å². The molecule has 2 rings (SSSR count). The molecular formula is C18H20Cl2N2O3S. The smallest absolute Gasteiger partial charge is 0.248 e. The molecule has 0 aliphatic heterocycles. The Morgan fingerprint density at radius 3 is 2.38 bits per heavy atom. The van der Waals surface area contributed by atoms with Crippen molar-refractivity contribution in [2.24, 2.45) is 0 Å². The van der Waals surface area contributed by atoms with Crippen molar-refractivity contribution in [3.05, 3.63) is 58.1 Å². The Labute approximate surface area is 164 Å². The van der Waals surface area contributed by atoms with Crippen LogP contribution in [0.15, 0.2) is 42.5 Å². The van der Waals surface area contributed by atoms with E-state index in [1.54, 1.807) is 43.3 Å². The number of halogens is 2. The standard InChI is InChI=1S/C18H20Cl2N2O3S/c1-4-17(18(23)21-16-11-14(20)9-8-12(16)2)22(26(3,24)25)15-7-5-6-13(19)10-15/h5-11,17H,4H2,1-3H3,(H,21,23)/t17-/m0/s1. The number of hydrogen-bond donors (Lipinski definition) is 1. The summed E-state index contributed by atoms with van der Waals surface area (Å²) in [7, 11) is -3.71. The van der Waals surface area contributed by atoms with Gasteiger partial charge in [-0.25, -0.2) is 8.42 Å². The third-order valence-electron chi connectivity index (χ3n) is 3.85. The fourth-order valence-corrected chi connectivity index (χ4v) is 4.18. The summed E-state index contributed by atoms with van der Waals surface area (Å²) >= 11 is 12.0.